The van der Waals surface area contributed by atoms with Gasteiger partial charge in [0, 0.05) is 19.3 Å². The molecule has 0 aromatic rings. The predicted octanol–water partition coefficient (Wildman–Crippen LogP) is 14.7. The molecule has 64 heavy (non-hydrogen) atoms. The van der Waals surface area contributed by atoms with Crippen molar-refractivity contribution in [1.29, 1.82) is 0 Å². The van der Waals surface area contributed by atoms with Crippen LogP contribution in [-0.4, -0.2) is 66.5 Å². The Morgan fingerprint density at radius 1 is 0.422 bits per heavy atom. The number of aliphatic hydroxyl groups excluding tert-OH is 1. The lowest BCUT2D eigenvalue weighted by molar-refractivity contribution is -0.161. The molecule has 0 heterocycles. The van der Waals surface area contributed by atoms with Gasteiger partial charge in [0.25, 0.3) is 0 Å². The summed E-state index contributed by atoms with van der Waals surface area (Å²) in [5, 5.41) is 10.3. The van der Waals surface area contributed by atoms with Gasteiger partial charge in [0.2, 0.25) is 0 Å². The first-order valence-electron chi connectivity index (χ1n) is 26.2. The number of ether oxygens (including phenoxy) is 3. The molecule has 0 aliphatic heterocycles. The van der Waals surface area contributed by atoms with Crippen LogP contribution in [0, 0.1) is 0 Å². The molecule has 0 aliphatic carbocycles. The SMILES string of the molecule is CCCC/C=C\CCCCCCCC(=O)O[C@H](COC(=O)CCCCCCC/C=C\CCCCCC)COP(=O)(O)OC[C@@H](O)COC(=O)CCCCCCCCCCCCCCC. The van der Waals surface area contributed by atoms with E-state index in [1.165, 1.54) is 96.3 Å². The maximum atomic E-state index is 12.8. The van der Waals surface area contributed by atoms with Crippen LogP contribution in [0.3, 0.4) is 0 Å². The number of carbonyl (C=O) groups is 3. The number of carbonyl (C=O) groups excluding carboxylic acids is 3. The van der Waals surface area contributed by atoms with Gasteiger partial charge in [0.1, 0.15) is 19.3 Å². The molecule has 0 fully saturated rings. The predicted molar refractivity (Wildman–Crippen MR) is 261 cm³/mol. The lowest BCUT2D eigenvalue weighted by Gasteiger charge is -2.20. The van der Waals surface area contributed by atoms with E-state index in [4.69, 9.17) is 23.3 Å². The van der Waals surface area contributed by atoms with E-state index >= 15 is 0 Å². The Hall–Kier alpha value is -2.04. The standard InChI is InChI=1S/C52H97O11P/c1-4-7-10-13-16-19-22-24-27-29-32-35-38-41-50(54)59-44-48(53)45-61-64(57,58)62-47-49(63-52(56)43-40-37-34-31-26-21-18-15-12-9-6-3)46-60-51(55)42-39-36-33-30-28-25-23-20-17-14-11-8-5-2/h15,18,20,23,48-49,53H,4-14,16-17,19,21-22,24-47H2,1-3H3,(H,57,58)/b18-15-,23-20-/t48-,49+/m0/s1. The normalized spacial score (nSPS) is 13.6. The number of allylic oxidation sites excluding steroid dienone is 4. The molecule has 0 saturated heterocycles. The molecule has 0 spiro atoms. The Morgan fingerprint density at radius 2 is 0.750 bits per heavy atom. The van der Waals surface area contributed by atoms with Gasteiger partial charge in [0.05, 0.1) is 13.2 Å². The number of phosphoric ester groups is 1. The number of phosphoric acid groups is 1. The average Bonchev–Trinajstić information content (AvgIpc) is 3.28. The number of hydrogen-bond acceptors (Lipinski definition) is 10. The maximum Gasteiger partial charge on any atom is 0.472 e. The van der Waals surface area contributed by atoms with Gasteiger partial charge < -0.3 is 24.2 Å². The third kappa shape index (κ3) is 46.5. The molecule has 12 heteroatoms. The Bertz CT molecular complexity index is 1180. The summed E-state index contributed by atoms with van der Waals surface area (Å²) in [4.78, 5) is 47.8. The number of rotatable bonds is 49. The maximum absolute atomic E-state index is 12.8. The molecule has 0 rings (SSSR count). The Labute approximate surface area is 391 Å². The molecule has 376 valence electrons. The summed E-state index contributed by atoms with van der Waals surface area (Å²) in [6.45, 7) is 4.75. The highest BCUT2D eigenvalue weighted by molar-refractivity contribution is 7.47. The molecule has 0 aliphatic rings. The van der Waals surface area contributed by atoms with E-state index in [-0.39, 0.29) is 32.5 Å². The molecule has 0 aromatic carbocycles. The Balaban J connectivity index is 4.58. The van der Waals surface area contributed by atoms with Gasteiger partial charge in [-0.15, -0.1) is 0 Å². The monoisotopic (exact) mass is 929 g/mol. The van der Waals surface area contributed by atoms with E-state index in [1.807, 2.05) is 0 Å². The van der Waals surface area contributed by atoms with Crippen LogP contribution in [0.5, 0.6) is 0 Å². The van der Waals surface area contributed by atoms with Crippen LogP contribution in [0.4, 0.5) is 0 Å². The van der Waals surface area contributed by atoms with E-state index in [0.29, 0.717) is 19.3 Å². The van der Waals surface area contributed by atoms with Gasteiger partial charge in [-0.25, -0.2) is 4.57 Å². The Kier molecular flexibility index (Phi) is 45.9. The number of unbranched alkanes of at least 4 members (excludes halogenated alkanes) is 28. The van der Waals surface area contributed by atoms with Gasteiger partial charge in [-0.2, -0.15) is 0 Å². The smallest absolute Gasteiger partial charge is 0.463 e. The van der Waals surface area contributed by atoms with Crippen LogP contribution < -0.4 is 0 Å². The molecule has 0 saturated carbocycles. The fourth-order valence-corrected chi connectivity index (χ4v) is 8.01. The number of esters is 3. The topological polar surface area (TPSA) is 155 Å². The lowest BCUT2D eigenvalue weighted by atomic mass is 10.0. The van der Waals surface area contributed by atoms with Crippen molar-refractivity contribution in [2.75, 3.05) is 26.4 Å². The highest BCUT2D eigenvalue weighted by Gasteiger charge is 2.27. The minimum absolute atomic E-state index is 0.160. The van der Waals surface area contributed by atoms with Gasteiger partial charge >= 0.3 is 25.7 Å². The lowest BCUT2D eigenvalue weighted by Crippen LogP contribution is -2.30. The fourth-order valence-electron chi connectivity index (χ4n) is 7.22. The van der Waals surface area contributed by atoms with Crippen LogP contribution in [0.25, 0.3) is 0 Å². The number of aliphatic hydroxyl groups is 1. The average molecular weight is 929 g/mol. The van der Waals surface area contributed by atoms with E-state index in [1.54, 1.807) is 0 Å². The van der Waals surface area contributed by atoms with Crippen molar-refractivity contribution in [2.45, 2.75) is 264 Å². The molecule has 0 bridgehead atoms. The molecule has 1 unspecified atom stereocenters. The van der Waals surface area contributed by atoms with Gasteiger partial charge in [-0.3, -0.25) is 23.4 Å². The molecule has 11 nitrogen and oxygen atoms in total. The third-order valence-corrected chi connectivity index (χ3v) is 12.2. The van der Waals surface area contributed by atoms with Crippen LogP contribution in [0.2, 0.25) is 0 Å². The first-order chi connectivity index (χ1) is 31.1. The summed E-state index contributed by atoms with van der Waals surface area (Å²) < 4.78 is 38.9. The van der Waals surface area contributed by atoms with Crippen molar-refractivity contribution >= 4 is 25.7 Å². The van der Waals surface area contributed by atoms with Crippen molar-refractivity contribution in [2.24, 2.45) is 0 Å². The minimum atomic E-state index is -4.72. The zero-order valence-electron chi connectivity index (χ0n) is 41.3. The Morgan fingerprint density at radius 3 is 1.19 bits per heavy atom. The van der Waals surface area contributed by atoms with Crippen molar-refractivity contribution in [3.8, 4) is 0 Å². The molecule has 0 amide bonds. The molecule has 3 atom stereocenters. The van der Waals surface area contributed by atoms with Crippen LogP contribution in [0.15, 0.2) is 24.3 Å². The van der Waals surface area contributed by atoms with E-state index in [2.05, 4.69) is 45.1 Å². The molecular formula is C52H97O11P. The zero-order chi connectivity index (χ0) is 47.0. The highest BCUT2D eigenvalue weighted by Crippen LogP contribution is 2.43. The quantitative estimate of drug-likeness (QED) is 0.0197. The minimum Gasteiger partial charge on any atom is -0.463 e. The largest absolute Gasteiger partial charge is 0.472 e. The second-order valence-corrected chi connectivity index (χ2v) is 19.2. The van der Waals surface area contributed by atoms with E-state index in [0.717, 1.165) is 96.3 Å². The van der Waals surface area contributed by atoms with Crippen molar-refractivity contribution in [1.82, 2.24) is 0 Å². The summed E-state index contributed by atoms with van der Waals surface area (Å²) in [5.74, 6) is -1.40. The molecular weight excluding hydrogens is 832 g/mol. The molecule has 0 aromatic heterocycles. The van der Waals surface area contributed by atoms with Crippen molar-refractivity contribution < 1.29 is 52.2 Å². The van der Waals surface area contributed by atoms with Gasteiger partial charge in [-0.05, 0) is 64.2 Å². The third-order valence-electron chi connectivity index (χ3n) is 11.3. The van der Waals surface area contributed by atoms with Crippen LogP contribution in [0.1, 0.15) is 252 Å². The zero-order valence-corrected chi connectivity index (χ0v) is 42.2. The van der Waals surface area contributed by atoms with Crippen molar-refractivity contribution in [3.05, 3.63) is 24.3 Å². The van der Waals surface area contributed by atoms with Crippen LogP contribution >= 0.6 is 7.82 Å². The fraction of sp³-hybridized carbons (Fsp3) is 0.865. The molecule has 0 radical (unpaired) electrons. The molecule has 2 N–H and O–H groups in total. The number of hydrogen-bond donors (Lipinski definition) is 2. The summed E-state index contributed by atoms with van der Waals surface area (Å²) in [5.41, 5.74) is 0. The second kappa shape index (κ2) is 47.5. The summed E-state index contributed by atoms with van der Waals surface area (Å²) >= 11 is 0. The van der Waals surface area contributed by atoms with E-state index < -0.39 is 51.2 Å². The summed E-state index contributed by atoms with van der Waals surface area (Å²) in [7, 11) is -4.72. The van der Waals surface area contributed by atoms with E-state index in [9.17, 15) is 28.9 Å². The van der Waals surface area contributed by atoms with Gasteiger partial charge in [-0.1, -0.05) is 193 Å². The van der Waals surface area contributed by atoms with Gasteiger partial charge in [0.15, 0.2) is 6.10 Å². The summed E-state index contributed by atoms with van der Waals surface area (Å²) in [6.07, 6.45) is 44.4. The first kappa shape index (κ1) is 62.0. The first-order valence-corrected chi connectivity index (χ1v) is 27.7. The summed E-state index contributed by atoms with van der Waals surface area (Å²) in [6, 6.07) is 0. The highest BCUT2D eigenvalue weighted by atomic mass is 31.2. The second-order valence-electron chi connectivity index (χ2n) is 17.7. The van der Waals surface area contributed by atoms with Crippen LogP contribution in [-0.2, 0) is 42.2 Å². The van der Waals surface area contributed by atoms with Crippen molar-refractivity contribution in [3.63, 3.8) is 0 Å².